The zero-order valence-corrected chi connectivity index (χ0v) is 17.2. The van der Waals surface area contributed by atoms with Gasteiger partial charge in [0.15, 0.2) is 12.4 Å². The second kappa shape index (κ2) is 7.97. The maximum absolute atomic E-state index is 12.5. The number of ether oxygens (including phenoxy) is 1. The van der Waals surface area contributed by atoms with Gasteiger partial charge in [-0.05, 0) is 43.3 Å². The lowest BCUT2D eigenvalue weighted by atomic mass is 10.1. The first-order chi connectivity index (χ1) is 14.0. The predicted octanol–water partition coefficient (Wildman–Crippen LogP) is 4.70. The number of halogens is 1. The molecule has 0 amide bonds. The fraction of sp³-hybridized carbons (Fsp3) is 0.0909. The fourth-order valence-electron chi connectivity index (χ4n) is 3.01. The first-order valence-electron chi connectivity index (χ1n) is 8.93. The normalized spacial score (nSPS) is 10.8. The van der Waals surface area contributed by atoms with Gasteiger partial charge in [0, 0.05) is 15.4 Å². The third kappa shape index (κ3) is 4.09. The molecule has 0 aliphatic carbocycles. The van der Waals surface area contributed by atoms with Crippen molar-refractivity contribution in [1.82, 2.24) is 15.0 Å². The van der Waals surface area contributed by atoms with Crippen LogP contribution >= 0.6 is 15.9 Å². The molecule has 7 heteroatoms. The SMILES string of the molecule is Cc1nc(-c2cccc(Br)c2)ccc1C(=O)OCc1nc(N)c2ccccc2n1. The van der Waals surface area contributed by atoms with Crippen LogP contribution in [0.15, 0.2) is 65.1 Å². The number of carbonyl (C=O) groups is 1. The molecular formula is C22H17BrN4O2. The Hall–Kier alpha value is -3.32. The Bertz CT molecular complexity index is 1230. The molecule has 2 aromatic carbocycles. The molecular weight excluding hydrogens is 432 g/mol. The summed E-state index contributed by atoms with van der Waals surface area (Å²) < 4.78 is 6.36. The molecule has 0 aliphatic rings. The molecule has 0 spiro atoms. The van der Waals surface area contributed by atoms with Crippen molar-refractivity contribution in [3.63, 3.8) is 0 Å². The second-order valence-electron chi connectivity index (χ2n) is 6.46. The molecule has 0 bridgehead atoms. The van der Waals surface area contributed by atoms with Crippen LogP contribution in [0.3, 0.4) is 0 Å². The van der Waals surface area contributed by atoms with E-state index in [1.165, 1.54) is 0 Å². The summed E-state index contributed by atoms with van der Waals surface area (Å²) in [5, 5.41) is 0.769. The first-order valence-corrected chi connectivity index (χ1v) is 9.72. The zero-order chi connectivity index (χ0) is 20.4. The van der Waals surface area contributed by atoms with E-state index in [9.17, 15) is 4.79 Å². The van der Waals surface area contributed by atoms with Gasteiger partial charge in [0.1, 0.15) is 5.82 Å². The van der Waals surface area contributed by atoms with E-state index in [4.69, 9.17) is 10.5 Å². The largest absolute Gasteiger partial charge is 0.454 e. The summed E-state index contributed by atoms with van der Waals surface area (Å²) in [6.07, 6.45) is 0. The smallest absolute Gasteiger partial charge is 0.340 e. The second-order valence-corrected chi connectivity index (χ2v) is 7.37. The monoisotopic (exact) mass is 448 g/mol. The van der Waals surface area contributed by atoms with Gasteiger partial charge in [0.25, 0.3) is 0 Å². The molecule has 144 valence electrons. The number of para-hydroxylation sites is 1. The fourth-order valence-corrected chi connectivity index (χ4v) is 3.41. The minimum atomic E-state index is -0.480. The minimum absolute atomic E-state index is 0.0688. The third-order valence-electron chi connectivity index (χ3n) is 4.44. The molecule has 0 saturated carbocycles. The summed E-state index contributed by atoms with van der Waals surface area (Å²) >= 11 is 3.46. The average molecular weight is 449 g/mol. The van der Waals surface area contributed by atoms with Crippen LogP contribution in [0.5, 0.6) is 0 Å². The molecule has 4 aromatic rings. The highest BCUT2D eigenvalue weighted by molar-refractivity contribution is 9.10. The number of esters is 1. The standard InChI is InChI=1S/C22H17BrN4O2/c1-13-16(9-10-18(25-13)14-5-4-6-15(23)11-14)22(28)29-12-20-26-19-8-3-2-7-17(19)21(24)27-20/h2-11H,12H2,1H3,(H2,24,26,27). The molecule has 4 rings (SSSR count). The van der Waals surface area contributed by atoms with Crippen LogP contribution in [0.1, 0.15) is 21.9 Å². The molecule has 2 N–H and O–H groups in total. The molecule has 6 nitrogen and oxygen atoms in total. The predicted molar refractivity (Wildman–Crippen MR) is 115 cm³/mol. The van der Waals surface area contributed by atoms with Crippen LogP contribution in [0.4, 0.5) is 5.82 Å². The van der Waals surface area contributed by atoms with Gasteiger partial charge in [0.05, 0.1) is 22.5 Å². The number of fused-ring (bicyclic) bond motifs is 1. The third-order valence-corrected chi connectivity index (χ3v) is 4.93. The number of anilines is 1. The van der Waals surface area contributed by atoms with Crippen molar-refractivity contribution >= 4 is 38.6 Å². The van der Waals surface area contributed by atoms with Crippen molar-refractivity contribution in [3.8, 4) is 11.3 Å². The van der Waals surface area contributed by atoms with E-state index in [2.05, 4.69) is 30.9 Å². The summed E-state index contributed by atoms with van der Waals surface area (Å²) in [7, 11) is 0. The van der Waals surface area contributed by atoms with E-state index >= 15 is 0 Å². The van der Waals surface area contributed by atoms with E-state index in [-0.39, 0.29) is 6.61 Å². The Labute approximate surface area is 175 Å². The number of rotatable bonds is 4. The zero-order valence-electron chi connectivity index (χ0n) is 15.6. The Morgan fingerprint density at radius 3 is 2.66 bits per heavy atom. The van der Waals surface area contributed by atoms with Gasteiger partial charge in [-0.15, -0.1) is 0 Å². The van der Waals surface area contributed by atoms with Crippen molar-refractivity contribution in [1.29, 1.82) is 0 Å². The number of aromatic nitrogens is 3. The average Bonchev–Trinajstić information content (AvgIpc) is 2.72. The van der Waals surface area contributed by atoms with Crippen LogP contribution in [0.2, 0.25) is 0 Å². The maximum Gasteiger partial charge on any atom is 0.340 e. The lowest BCUT2D eigenvalue weighted by Gasteiger charge is -2.09. The van der Waals surface area contributed by atoms with Crippen LogP contribution in [0, 0.1) is 6.92 Å². The molecule has 2 aromatic heterocycles. The first kappa shape index (κ1) is 19.0. The molecule has 0 saturated heterocycles. The topological polar surface area (TPSA) is 91.0 Å². The Balaban J connectivity index is 1.51. The summed E-state index contributed by atoms with van der Waals surface area (Å²) in [4.78, 5) is 25.7. The Morgan fingerprint density at radius 1 is 1.03 bits per heavy atom. The molecule has 0 atom stereocenters. The minimum Gasteiger partial charge on any atom is -0.454 e. The highest BCUT2D eigenvalue weighted by Crippen LogP contribution is 2.23. The summed E-state index contributed by atoms with van der Waals surface area (Å²) in [6, 6.07) is 18.8. The number of hydrogen-bond donors (Lipinski definition) is 1. The van der Waals surface area contributed by atoms with Gasteiger partial charge in [-0.25, -0.2) is 14.8 Å². The molecule has 0 radical (unpaired) electrons. The molecule has 0 fully saturated rings. The van der Waals surface area contributed by atoms with Gasteiger partial charge < -0.3 is 10.5 Å². The molecule has 29 heavy (non-hydrogen) atoms. The van der Waals surface area contributed by atoms with Gasteiger partial charge in [-0.2, -0.15) is 0 Å². The Morgan fingerprint density at radius 2 is 1.86 bits per heavy atom. The highest BCUT2D eigenvalue weighted by Gasteiger charge is 2.14. The molecule has 2 heterocycles. The number of benzene rings is 2. The number of nitrogens with two attached hydrogens (primary N) is 1. The summed E-state index contributed by atoms with van der Waals surface area (Å²) in [5.41, 5.74) is 9.42. The van der Waals surface area contributed by atoms with E-state index in [1.807, 2.05) is 48.5 Å². The van der Waals surface area contributed by atoms with Gasteiger partial charge in [-0.3, -0.25) is 4.98 Å². The molecule has 0 aliphatic heterocycles. The maximum atomic E-state index is 12.5. The van der Waals surface area contributed by atoms with Crippen molar-refractivity contribution < 1.29 is 9.53 Å². The van der Waals surface area contributed by atoms with Crippen LogP contribution in [0.25, 0.3) is 22.2 Å². The number of nitrogens with zero attached hydrogens (tertiary/aromatic N) is 3. The van der Waals surface area contributed by atoms with Gasteiger partial charge in [-0.1, -0.05) is 40.2 Å². The van der Waals surface area contributed by atoms with E-state index in [1.54, 1.807) is 19.1 Å². The van der Waals surface area contributed by atoms with E-state index < -0.39 is 5.97 Å². The van der Waals surface area contributed by atoms with Crippen LogP contribution < -0.4 is 5.73 Å². The Kier molecular flexibility index (Phi) is 5.22. The number of hydrogen-bond acceptors (Lipinski definition) is 6. The van der Waals surface area contributed by atoms with Crippen molar-refractivity contribution in [2.24, 2.45) is 0 Å². The van der Waals surface area contributed by atoms with Crippen LogP contribution in [-0.4, -0.2) is 20.9 Å². The number of nitrogen functional groups attached to an aromatic ring is 1. The highest BCUT2D eigenvalue weighted by atomic mass is 79.9. The van der Waals surface area contributed by atoms with Gasteiger partial charge in [0.2, 0.25) is 0 Å². The summed E-state index contributed by atoms with van der Waals surface area (Å²) in [5.74, 6) is 0.231. The lowest BCUT2D eigenvalue weighted by molar-refractivity contribution is 0.0461. The van der Waals surface area contributed by atoms with E-state index in [0.29, 0.717) is 28.4 Å². The number of carbonyl (C=O) groups excluding carboxylic acids is 1. The quantitative estimate of drug-likeness (QED) is 0.454. The lowest BCUT2D eigenvalue weighted by Crippen LogP contribution is -2.11. The van der Waals surface area contributed by atoms with Crippen molar-refractivity contribution in [2.75, 3.05) is 5.73 Å². The van der Waals surface area contributed by atoms with Gasteiger partial charge >= 0.3 is 5.97 Å². The van der Waals surface area contributed by atoms with Crippen LogP contribution in [-0.2, 0) is 11.3 Å². The molecule has 0 unspecified atom stereocenters. The van der Waals surface area contributed by atoms with Crippen molar-refractivity contribution in [3.05, 3.63) is 82.2 Å². The van der Waals surface area contributed by atoms with Crippen molar-refractivity contribution in [2.45, 2.75) is 13.5 Å². The summed E-state index contributed by atoms with van der Waals surface area (Å²) in [6.45, 7) is 1.71. The number of pyridine rings is 1. The number of aryl methyl sites for hydroxylation is 1. The van der Waals surface area contributed by atoms with E-state index in [0.717, 1.165) is 21.1 Å².